The first-order valence-electron chi connectivity index (χ1n) is 9.94. The number of nitrogens with zero attached hydrogens (tertiary/aromatic N) is 5. The molecule has 3 heterocycles. The SMILES string of the molecule is Cc1ncn(CC(C)N2CCN(Cc3nc4ccccc4c(=O)[nH]3)CC2)c1C. The predicted octanol–water partition coefficient (Wildman–Crippen LogP) is 1.94. The van der Waals surface area contributed by atoms with Gasteiger partial charge in [-0.1, -0.05) is 12.1 Å². The zero-order valence-electron chi connectivity index (χ0n) is 16.9. The Bertz CT molecular complexity index is 1020. The second-order valence-corrected chi connectivity index (χ2v) is 7.76. The van der Waals surface area contributed by atoms with Gasteiger partial charge in [-0.15, -0.1) is 0 Å². The molecule has 148 valence electrons. The van der Waals surface area contributed by atoms with Gasteiger partial charge >= 0.3 is 0 Å². The molecule has 0 aliphatic carbocycles. The monoisotopic (exact) mass is 380 g/mol. The van der Waals surface area contributed by atoms with E-state index in [2.05, 4.69) is 50.1 Å². The van der Waals surface area contributed by atoms with Gasteiger partial charge in [0.05, 0.1) is 29.5 Å². The molecule has 1 atom stereocenters. The van der Waals surface area contributed by atoms with Crippen LogP contribution in [0, 0.1) is 13.8 Å². The molecule has 0 radical (unpaired) electrons. The van der Waals surface area contributed by atoms with Crippen molar-refractivity contribution in [3.05, 3.63) is 58.2 Å². The van der Waals surface area contributed by atoms with Gasteiger partial charge in [0, 0.05) is 44.5 Å². The summed E-state index contributed by atoms with van der Waals surface area (Å²) in [6, 6.07) is 7.96. The number of benzene rings is 1. The Labute approximate surface area is 165 Å². The number of hydrogen-bond donors (Lipinski definition) is 1. The molecule has 0 bridgehead atoms. The maximum absolute atomic E-state index is 12.3. The molecule has 1 fully saturated rings. The number of piperazine rings is 1. The number of aromatic nitrogens is 4. The topological polar surface area (TPSA) is 70.1 Å². The van der Waals surface area contributed by atoms with Crippen molar-refractivity contribution in [1.29, 1.82) is 0 Å². The third-order valence-electron chi connectivity index (χ3n) is 5.87. The van der Waals surface area contributed by atoms with E-state index >= 15 is 0 Å². The molecule has 4 rings (SSSR count). The van der Waals surface area contributed by atoms with Crippen LogP contribution in [0.2, 0.25) is 0 Å². The minimum Gasteiger partial charge on any atom is -0.333 e. The van der Waals surface area contributed by atoms with Gasteiger partial charge in [0.2, 0.25) is 0 Å². The summed E-state index contributed by atoms with van der Waals surface area (Å²) in [5.74, 6) is 0.745. The van der Waals surface area contributed by atoms with Crippen LogP contribution in [0.4, 0.5) is 0 Å². The Morgan fingerprint density at radius 3 is 2.61 bits per heavy atom. The smallest absolute Gasteiger partial charge is 0.258 e. The Kier molecular flexibility index (Phi) is 5.28. The van der Waals surface area contributed by atoms with E-state index in [-0.39, 0.29) is 5.56 Å². The lowest BCUT2D eigenvalue weighted by molar-refractivity contribution is 0.0895. The normalized spacial score (nSPS) is 17.2. The Hall–Kier alpha value is -2.51. The molecular weight excluding hydrogens is 352 g/mol. The van der Waals surface area contributed by atoms with E-state index in [0.717, 1.165) is 49.8 Å². The van der Waals surface area contributed by atoms with Gasteiger partial charge in [0.25, 0.3) is 5.56 Å². The van der Waals surface area contributed by atoms with E-state index in [1.54, 1.807) is 0 Å². The molecule has 7 heteroatoms. The van der Waals surface area contributed by atoms with Crippen molar-refractivity contribution >= 4 is 10.9 Å². The highest BCUT2D eigenvalue weighted by Crippen LogP contribution is 2.13. The number of imidazole rings is 1. The van der Waals surface area contributed by atoms with Crippen molar-refractivity contribution in [3.8, 4) is 0 Å². The number of rotatable bonds is 5. The van der Waals surface area contributed by atoms with E-state index in [0.29, 0.717) is 18.0 Å². The fourth-order valence-electron chi connectivity index (χ4n) is 3.91. The van der Waals surface area contributed by atoms with Gasteiger partial charge in [0.1, 0.15) is 5.82 Å². The highest BCUT2D eigenvalue weighted by Gasteiger charge is 2.22. The predicted molar refractivity (Wildman–Crippen MR) is 110 cm³/mol. The highest BCUT2D eigenvalue weighted by molar-refractivity contribution is 5.77. The molecule has 0 amide bonds. The Morgan fingerprint density at radius 2 is 1.89 bits per heavy atom. The lowest BCUT2D eigenvalue weighted by Gasteiger charge is -2.38. The number of para-hydroxylation sites is 1. The first-order chi connectivity index (χ1) is 13.5. The number of H-pyrrole nitrogens is 1. The van der Waals surface area contributed by atoms with E-state index in [1.165, 1.54) is 5.69 Å². The van der Waals surface area contributed by atoms with E-state index in [1.807, 2.05) is 30.6 Å². The van der Waals surface area contributed by atoms with E-state index < -0.39 is 0 Å². The number of hydrogen-bond acceptors (Lipinski definition) is 5. The average Bonchev–Trinajstić information content (AvgIpc) is 3.01. The summed E-state index contributed by atoms with van der Waals surface area (Å²) in [6.07, 6.45) is 1.94. The maximum Gasteiger partial charge on any atom is 0.258 e. The standard InChI is InChI=1S/C21H28N6O/c1-15(12-27-14-22-16(2)17(27)3)26-10-8-25(9-11-26)13-20-23-19-7-5-4-6-18(19)21(28)24-20/h4-7,14-15H,8-13H2,1-3H3,(H,23,24,28). The quantitative estimate of drug-likeness (QED) is 0.733. The van der Waals surface area contributed by atoms with Crippen molar-refractivity contribution < 1.29 is 0 Å². The number of aromatic amines is 1. The van der Waals surface area contributed by atoms with Crippen LogP contribution in [0.3, 0.4) is 0 Å². The van der Waals surface area contributed by atoms with Gasteiger partial charge in [-0.2, -0.15) is 0 Å². The summed E-state index contributed by atoms with van der Waals surface area (Å²) in [7, 11) is 0. The molecule has 28 heavy (non-hydrogen) atoms. The fraction of sp³-hybridized carbons (Fsp3) is 0.476. The minimum atomic E-state index is -0.0566. The third-order valence-corrected chi connectivity index (χ3v) is 5.87. The Balaban J connectivity index is 1.35. The number of aryl methyl sites for hydroxylation is 1. The molecule has 3 aromatic rings. The van der Waals surface area contributed by atoms with Crippen LogP contribution >= 0.6 is 0 Å². The van der Waals surface area contributed by atoms with Crippen molar-refractivity contribution in [2.75, 3.05) is 26.2 Å². The third kappa shape index (κ3) is 3.86. The molecule has 1 aromatic carbocycles. The van der Waals surface area contributed by atoms with Crippen LogP contribution in [0.15, 0.2) is 35.4 Å². The fourth-order valence-corrected chi connectivity index (χ4v) is 3.91. The zero-order chi connectivity index (χ0) is 19.7. The van der Waals surface area contributed by atoms with Gasteiger partial charge in [-0.05, 0) is 32.9 Å². The van der Waals surface area contributed by atoms with Crippen molar-refractivity contribution in [1.82, 2.24) is 29.3 Å². The first kappa shape index (κ1) is 18.8. The highest BCUT2D eigenvalue weighted by atomic mass is 16.1. The second-order valence-electron chi connectivity index (χ2n) is 7.76. The molecule has 0 spiro atoms. The van der Waals surface area contributed by atoms with Gasteiger partial charge in [-0.3, -0.25) is 14.6 Å². The summed E-state index contributed by atoms with van der Waals surface area (Å²) in [4.78, 5) is 29.1. The molecule has 1 unspecified atom stereocenters. The molecule has 1 aliphatic heterocycles. The summed E-state index contributed by atoms with van der Waals surface area (Å²) in [6.45, 7) is 12.1. The van der Waals surface area contributed by atoms with Gasteiger partial charge < -0.3 is 9.55 Å². The zero-order valence-corrected chi connectivity index (χ0v) is 16.9. The summed E-state index contributed by atoms with van der Waals surface area (Å²) in [5, 5.41) is 0.648. The molecule has 1 N–H and O–H groups in total. The lowest BCUT2D eigenvalue weighted by Crippen LogP contribution is -2.50. The van der Waals surface area contributed by atoms with E-state index in [9.17, 15) is 4.79 Å². The summed E-state index contributed by atoms with van der Waals surface area (Å²) < 4.78 is 2.25. The van der Waals surface area contributed by atoms with Crippen LogP contribution in [0.5, 0.6) is 0 Å². The average molecular weight is 380 g/mol. The molecule has 0 saturated carbocycles. The maximum atomic E-state index is 12.3. The van der Waals surface area contributed by atoms with Gasteiger partial charge in [-0.25, -0.2) is 9.97 Å². The largest absolute Gasteiger partial charge is 0.333 e. The van der Waals surface area contributed by atoms with Crippen LogP contribution in [0.25, 0.3) is 10.9 Å². The molecule has 1 aliphatic rings. The molecule has 7 nitrogen and oxygen atoms in total. The second kappa shape index (κ2) is 7.85. The van der Waals surface area contributed by atoms with Gasteiger partial charge in [0.15, 0.2) is 0 Å². The van der Waals surface area contributed by atoms with Crippen LogP contribution in [-0.2, 0) is 13.1 Å². The number of nitrogens with one attached hydrogen (secondary N) is 1. The Morgan fingerprint density at radius 1 is 1.14 bits per heavy atom. The summed E-state index contributed by atoms with van der Waals surface area (Å²) >= 11 is 0. The molecule has 2 aromatic heterocycles. The molecule has 1 saturated heterocycles. The van der Waals surface area contributed by atoms with Crippen LogP contribution in [-0.4, -0.2) is 61.5 Å². The molecular formula is C21H28N6O. The number of fused-ring (bicyclic) bond motifs is 1. The van der Waals surface area contributed by atoms with Crippen molar-refractivity contribution in [3.63, 3.8) is 0 Å². The van der Waals surface area contributed by atoms with E-state index in [4.69, 9.17) is 0 Å². The first-order valence-corrected chi connectivity index (χ1v) is 9.94. The minimum absolute atomic E-state index is 0.0566. The lowest BCUT2D eigenvalue weighted by atomic mass is 10.2. The summed E-state index contributed by atoms with van der Waals surface area (Å²) in [5.41, 5.74) is 3.06. The van der Waals surface area contributed by atoms with Crippen LogP contribution in [0.1, 0.15) is 24.1 Å². The van der Waals surface area contributed by atoms with Crippen molar-refractivity contribution in [2.24, 2.45) is 0 Å². The van der Waals surface area contributed by atoms with Crippen LogP contribution < -0.4 is 5.56 Å². The van der Waals surface area contributed by atoms with Crippen molar-refractivity contribution in [2.45, 2.75) is 39.9 Å².